The predicted octanol–water partition coefficient (Wildman–Crippen LogP) is 0.782. The van der Waals surface area contributed by atoms with Gasteiger partial charge in [0.1, 0.15) is 0 Å². The smallest absolute Gasteiger partial charge is 0.00175 e. The van der Waals surface area contributed by atoms with Crippen molar-refractivity contribution in [1.29, 1.82) is 0 Å². The Bertz CT molecular complexity index is 118. The number of hydrogen-bond acceptors (Lipinski definition) is 1. The second-order valence-electron chi connectivity index (χ2n) is 2.75. The summed E-state index contributed by atoms with van der Waals surface area (Å²) in [4.78, 5) is 0. The van der Waals surface area contributed by atoms with Crippen LogP contribution in [0, 0.1) is 11.8 Å². The number of hydrogen-bond donors (Lipinski definition) is 1. The van der Waals surface area contributed by atoms with Crippen LogP contribution in [0.25, 0.3) is 0 Å². The van der Waals surface area contributed by atoms with Gasteiger partial charge in [-0.1, -0.05) is 12.2 Å². The zero-order valence-electron chi connectivity index (χ0n) is 4.93. The lowest BCUT2D eigenvalue weighted by molar-refractivity contribution is 0.534. The molecule has 8 heavy (non-hydrogen) atoms. The minimum atomic E-state index is 0.884. The average molecular weight is 109 g/mol. The van der Waals surface area contributed by atoms with E-state index in [-0.39, 0.29) is 0 Å². The summed E-state index contributed by atoms with van der Waals surface area (Å²) in [5.41, 5.74) is 0. The molecule has 0 saturated carbocycles. The summed E-state index contributed by atoms with van der Waals surface area (Å²) >= 11 is 0. The molecule has 2 rings (SSSR count). The predicted molar refractivity (Wildman–Crippen MR) is 33.6 cm³/mol. The van der Waals surface area contributed by atoms with Crippen molar-refractivity contribution in [3.8, 4) is 0 Å². The quantitative estimate of drug-likeness (QED) is 0.453. The molecule has 1 fully saturated rings. The molecule has 2 aliphatic rings. The maximum absolute atomic E-state index is 3.37. The summed E-state index contributed by atoms with van der Waals surface area (Å²) in [5, 5.41) is 3.37. The third-order valence-electron chi connectivity index (χ3n) is 2.21. The van der Waals surface area contributed by atoms with Gasteiger partial charge in [-0.25, -0.2) is 0 Å². The van der Waals surface area contributed by atoms with Crippen LogP contribution >= 0.6 is 0 Å². The average Bonchev–Trinajstić information content (AvgIpc) is 2.15. The molecule has 1 saturated heterocycles. The minimum Gasteiger partial charge on any atom is -0.316 e. The van der Waals surface area contributed by atoms with E-state index in [1.54, 1.807) is 0 Å². The van der Waals surface area contributed by atoms with Crippen molar-refractivity contribution in [2.45, 2.75) is 6.42 Å². The van der Waals surface area contributed by atoms with E-state index < -0.39 is 0 Å². The second kappa shape index (κ2) is 1.59. The van der Waals surface area contributed by atoms with E-state index in [9.17, 15) is 0 Å². The number of rotatable bonds is 0. The zero-order valence-corrected chi connectivity index (χ0v) is 4.93. The molecular formula is C7H11N. The largest absolute Gasteiger partial charge is 0.316 e. The molecule has 1 aliphatic carbocycles. The normalized spacial score (nSPS) is 43.0. The monoisotopic (exact) mass is 109 g/mol. The summed E-state index contributed by atoms with van der Waals surface area (Å²) in [6.07, 6.45) is 5.98. The fraction of sp³-hybridized carbons (Fsp3) is 0.714. The van der Waals surface area contributed by atoms with Gasteiger partial charge in [-0.05, 0) is 24.8 Å². The Kier molecular flexibility index (Phi) is 0.908. The molecule has 1 nitrogen and oxygen atoms in total. The molecule has 1 heteroatoms. The summed E-state index contributed by atoms with van der Waals surface area (Å²) in [7, 11) is 0. The van der Waals surface area contributed by atoms with Crippen molar-refractivity contribution in [3.63, 3.8) is 0 Å². The number of allylic oxidation sites excluding steroid dienone is 1. The van der Waals surface area contributed by atoms with Gasteiger partial charge in [-0.15, -0.1) is 0 Å². The van der Waals surface area contributed by atoms with Gasteiger partial charge in [-0.2, -0.15) is 0 Å². The minimum absolute atomic E-state index is 0.884. The molecule has 1 N–H and O–H groups in total. The second-order valence-corrected chi connectivity index (χ2v) is 2.75. The summed E-state index contributed by atoms with van der Waals surface area (Å²) < 4.78 is 0. The fourth-order valence-electron chi connectivity index (χ4n) is 1.66. The highest BCUT2D eigenvalue weighted by Crippen LogP contribution is 2.27. The summed E-state index contributed by atoms with van der Waals surface area (Å²) in [5.74, 6) is 1.84. The van der Waals surface area contributed by atoms with E-state index >= 15 is 0 Å². The van der Waals surface area contributed by atoms with Crippen LogP contribution in [0.15, 0.2) is 12.2 Å². The van der Waals surface area contributed by atoms with E-state index in [4.69, 9.17) is 0 Å². The lowest BCUT2D eigenvalue weighted by Gasteiger charge is -2.02. The van der Waals surface area contributed by atoms with Crippen molar-refractivity contribution >= 4 is 0 Å². The van der Waals surface area contributed by atoms with Crippen LogP contribution in [0.2, 0.25) is 0 Å². The highest BCUT2D eigenvalue weighted by molar-refractivity contribution is 5.05. The van der Waals surface area contributed by atoms with Crippen LogP contribution in [-0.4, -0.2) is 13.1 Å². The molecule has 44 valence electrons. The van der Waals surface area contributed by atoms with Gasteiger partial charge >= 0.3 is 0 Å². The van der Waals surface area contributed by atoms with Crippen LogP contribution in [-0.2, 0) is 0 Å². The third-order valence-corrected chi connectivity index (χ3v) is 2.21. The first-order valence-electron chi connectivity index (χ1n) is 3.34. The molecule has 0 bridgehead atoms. The Morgan fingerprint density at radius 1 is 1.38 bits per heavy atom. The summed E-state index contributed by atoms with van der Waals surface area (Å²) in [6, 6.07) is 0. The maximum Gasteiger partial charge on any atom is 0.00175 e. The maximum atomic E-state index is 3.37. The highest BCUT2D eigenvalue weighted by atomic mass is 14.9. The molecule has 0 radical (unpaired) electrons. The summed E-state index contributed by atoms with van der Waals surface area (Å²) in [6.45, 7) is 2.47. The molecule has 2 atom stereocenters. The van der Waals surface area contributed by atoms with Crippen molar-refractivity contribution < 1.29 is 0 Å². The van der Waals surface area contributed by atoms with Crippen LogP contribution in [0.3, 0.4) is 0 Å². The highest BCUT2D eigenvalue weighted by Gasteiger charge is 2.26. The van der Waals surface area contributed by atoms with E-state index in [2.05, 4.69) is 17.5 Å². The van der Waals surface area contributed by atoms with E-state index in [1.807, 2.05) is 0 Å². The molecule has 0 aromatic heterocycles. The molecule has 0 amide bonds. The zero-order chi connectivity index (χ0) is 5.40. The molecule has 0 spiro atoms. The molecule has 1 heterocycles. The number of nitrogens with one attached hydrogen (secondary N) is 1. The van der Waals surface area contributed by atoms with Crippen LogP contribution in [0.4, 0.5) is 0 Å². The molecule has 0 aromatic carbocycles. The Morgan fingerprint density at radius 2 is 2.38 bits per heavy atom. The van der Waals surface area contributed by atoms with Crippen LogP contribution < -0.4 is 5.32 Å². The van der Waals surface area contributed by atoms with Gasteiger partial charge in [0.05, 0.1) is 0 Å². The topological polar surface area (TPSA) is 12.0 Å². The lowest BCUT2D eigenvalue weighted by Crippen LogP contribution is -2.08. The molecule has 0 unspecified atom stereocenters. The van der Waals surface area contributed by atoms with Gasteiger partial charge in [0.25, 0.3) is 0 Å². The van der Waals surface area contributed by atoms with Gasteiger partial charge in [-0.3, -0.25) is 0 Å². The van der Waals surface area contributed by atoms with Crippen molar-refractivity contribution in [1.82, 2.24) is 5.32 Å². The van der Waals surface area contributed by atoms with Gasteiger partial charge < -0.3 is 5.32 Å². The Balaban J connectivity index is 2.13. The van der Waals surface area contributed by atoms with Gasteiger partial charge in [0, 0.05) is 6.54 Å². The van der Waals surface area contributed by atoms with Gasteiger partial charge in [0.15, 0.2) is 0 Å². The third kappa shape index (κ3) is 0.511. The number of fused-ring (bicyclic) bond motifs is 1. The van der Waals surface area contributed by atoms with Crippen molar-refractivity contribution in [2.75, 3.05) is 13.1 Å². The Labute approximate surface area is 49.8 Å². The Morgan fingerprint density at radius 3 is 3.25 bits per heavy atom. The standard InChI is InChI=1S/C7H11N/c1-2-6-4-8-5-7(6)3-1/h1-2,6-8H,3-5H2/t6-,7+/m0/s1. The van der Waals surface area contributed by atoms with Crippen LogP contribution in [0.1, 0.15) is 6.42 Å². The van der Waals surface area contributed by atoms with E-state index in [0.29, 0.717) is 0 Å². The first-order chi connectivity index (χ1) is 3.97. The first-order valence-corrected chi connectivity index (χ1v) is 3.34. The van der Waals surface area contributed by atoms with E-state index in [0.717, 1.165) is 11.8 Å². The van der Waals surface area contributed by atoms with Crippen LogP contribution in [0.5, 0.6) is 0 Å². The van der Waals surface area contributed by atoms with Crippen molar-refractivity contribution in [2.24, 2.45) is 11.8 Å². The SMILES string of the molecule is C1=C[C@H]2CNC[C@H]2C1. The Hall–Kier alpha value is -0.300. The fourth-order valence-corrected chi connectivity index (χ4v) is 1.66. The van der Waals surface area contributed by atoms with E-state index in [1.165, 1.54) is 19.5 Å². The molecule has 1 aliphatic heterocycles. The first kappa shape index (κ1) is 4.57. The molecule has 0 aromatic rings. The van der Waals surface area contributed by atoms with Crippen molar-refractivity contribution in [3.05, 3.63) is 12.2 Å². The van der Waals surface area contributed by atoms with Gasteiger partial charge in [0.2, 0.25) is 0 Å². The lowest BCUT2D eigenvalue weighted by atomic mass is 10.0. The molecular weight excluding hydrogens is 98.1 g/mol.